The van der Waals surface area contributed by atoms with Gasteiger partial charge in [-0.2, -0.15) is 13.2 Å². The summed E-state index contributed by atoms with van der Waals surface area (Å²) in [6.45, 7) is 3.67. The van der Waals surface area contributed by atoms with E-state index < -0.39 is 35.9 Å². The van der Waals surface area contributed by atoms with E-state index in [0.29, 0.717) is 29.7 Å². The minimum Gasteiger partial charge on any atom is -0.387 e. The smallest absolute Gasteiger partial charge is 0.387 e. The zero-order valence-corrected chi connectivity index (χ0v) is 20.8. The number of aliphatic hydroxyl groups is 1. The fraction of sp³-hybridized carbons (Fsp3) is 0.680. The quantitative estimate of drug-likeness (QED) is 0.620. The Kier molecular flexibility index (Phi) is 6.90. The van der Waals surface area contributed by atoms with Gasteiger partial charge in [-0.25, -0.2) is 9.97 Å². The molecular weight excluding hydrogens is 489 g/mol. The first-order valence-electron chi connectivity index (χ1n) is 13.0. The number of piperazine rings is 1. The van der Waals surface area contributed by atoms with Gasteiger partial charge >= 0.3 is 6.18 Å². The Bertz CT molecular complexity index is 1210. The SMILES string of the molecule is O=C(CCC(F)(F)F)N1CCC(O)(Cn2ccc3nc(N4CCNCC4)ncc3c2=O)C2(CCCC2)C1. The number of likely N-dealkylation sites (tertiary alicyclic amines) is 1. The van der Waals surface area contributed by atoms with Crippen molar-refractivity contribution in [2.24, 2.45) is 5.41 Å². The van der Waals surface area contributed by atoms with E-state index in [1.54, 1.807) is 12.3 Å². The molecule has 0 radical (unpaired) electrons. The normalized spacial score (nSPS) is 24.2. The molecule has 4 heterocycles. The first kappa shape index (κ1) is 25.9. The van der Waals surface area contributed by atoms with Crippen molar-refractivity contribution in [2.75, 3.05) is 44.2 Å². The number of fused-ring (bicyclic) bond motifs is 1. The fourth-order valence-corrected chi connectivity index (χ4v) is 6.20. The van der Waals surface area contributed by atoms with Crippen molar-refractivity contribution in [1.82, 2.24) is 24.8 Å². The Labute approximate surface area is 212 Å². The van der Waals surface area contributed by atoms with Crippen molar-refractivity contribution in [1.29, 1.82) is 0 Å². The van der Waals surface area contributed by atoms with Gasteiger partial charge in [0.2, 0.25) is 11.9 Å². The molecule has 12 heteroatoms. The summed E-state index contributed by atoms with van der Waals surface area (Å²) in [7, 11) is 0. The number of piperidine rings is 1. The summed E-state index contributed by atoms with van der Waals surface area (Å²) in [6.07, 6.45) is 0.305. The lowest BCUT2D eigenvalue weighted by atomic mass is 9.65. The van der Waals surface area contributed by atoms with Crippen LogP contribution in [-0.4, -0.2) is 81.5 Å². The van der Waals surface area contributed by atoms with Crippen LogP contribution in [0.2, 0.25) is 0 Å². The van der Waals surface area contributed by atoms with Gasteiger partial charge in [-0.15, -0.1) is 0 Å². The second-order valence-corrected chi connectivity index (χ2v) is 10.7. The molecule has 1 spiro atoms. The van der Waals surface area contributed by atoms with E-state index in [-0.39, 0.29) is 31.6 Å². The maximum Gasteiger partial charge on any atom is 0.389 e. The Balaban J connectivity index is 1.36. The summed E-state index contributed by atoms with van der Waals surface area (Å²) in [5, 5.41) is 15.6. The number of alkyl halides is 3. The van der Waals surface area contributed by atoms with Crippen molar-refractivity contribution >= 4 is 22.8 Å². The second kappa shape index (κ2) is 9.86. The molecule has 2 saturated heterocycles. The molecule has 2 aliphatic heterocycles. The molecule has 5 rings (SSSR count). The minimum atomic E-state index is -4.38. The van der Waals surface area contributed by atoms with Crippen molar-refractivity contribution in [3.8, 4) is 0 Å². The molecule has 0 aromatic carbocycles. The Morgan fingerprint density at radius 1 is 1.14 bits per heavy atom. The van der Waals surface area contributed by atoms with Crippen LogP contribution in [0, 0.1) is 5.41 Å². The van der Waals surface area contributed by atoms with Gasteiger partial charge in [0, 0.05) is 63.5 Å². The van der Waals surface area contributed by atoms with Crippen LogP contribution in [0.5, 0.6) is 0 Å². The van der Waals surface area contributed by atoms with Gasteiger partial charge in [0.25, 0.3) is 5.56 Å². The molecule has 37 heavy (non-hydrogen) atoms. The molecule has 9 nitrogen and oxygen atoms in total. The lowest BCUT2D eigenvalue weighted by Gasteiger charge is -2.52. The van der Waals surface area contributed by atoms with Gasteiger partial charge in [-0.05, 0) is 25.3 Å². The first-order chi connectivity index (χ1) is 17.6. The third-order valence-corrected chi connectivity index (χ3v) is 8.35. The summed E-state index contributed by atoms with van der Waals surface area (Å²) in [4.78, 5) is 38.5. The highest BCUT2D eigenvalue weighted by molar-refractivity contribution is 5.77. The number of nitrogens with one attached hydrogen (secondary N) is 1. The molecular formula is C25H33F3N6O3. The number of pyridine rings is 1. The van der Waals surface area contributed by atoms with Gasteiger partial charge in [0.1, 0.15) is 0 Å². The molecule has 3 aliphatic rings. The Morgan fingerprint density at radius 2 is 1.86 bits per heavy atom. The van der Waals surface area contributed by atoms with Gasteiger partial charge in [-0.3, -0.25) is 9.59 Å². The van der Waals surface area contributed by atoms with E-state index in [4.69, 9.17) is 0 Å². The van der Waals surface area contributed by atoms with Crippen LogP contribution in [0.4, 0.5) is 19.1 Å². The number of aromatic nitrogens is 3. The molecule has 2 N–H and O–H groups in total. The zero-order chi connectivity index (χ0) is 26.3. The standard InChI is InChI=1S/C25H33F3N6O3/c26-25(27,28)7-3-20(35)33-12-8-24(37,23(16-33)5-1-2-6-23)17-34-11-4-19-18(21(34)36)15-30-22(31-19)32-13-9-29-10-14-32/h4,11,15,29,37H,1-3,5-10,12-14,16-17H2. The van der Waals surface area contributed by atoms with E-state index in [2.05, 4.69) is 20.2 Å². The average Bonchev–Trinajstić information content (AvgIpc) is 3.36. The van der Waals surface area contributed by atoms with Crippen molar-refractivity contribution in [3.05, 3.63) is 28.8 Å². The number of nitrogens with zero attached hydrogens (tertiary/aromatic N) is 5. The third kappa shape index (κ3) is 5.18. The number of amides is 1. The van der Waals surface area contributed by atoms with E-state index in [9.17, 15) is 27.9 Å². The predicted molar refractivity (Wildman–Crippen MR) is 131 cm³/mol. The van der Waals surface area contributed by atoms with Crippen LogP contribution >= 0.6 is 0 Å². The number of rotatable bonds is 5. The molecule has 2 aromatic rings. The van der Waals surface area contributed by atoms with Crippen LogP contribution in [0.1, 0.15) is 44.9 Å². The van der Waals surface area contributed by atoms with Gasteiger partial charge in [0.15, 0.2) is 0 Å². The molecule has 3 fully saturated rings. The lowest BCUT2D eigenvalue weighted by Crippen LogP contribution is -2.62. The first-order valence-corrected chi connectivity index (χ1v) is 13.0. The van der Waals surface area contributed by atoms with Gasteiger partial charge in [-0.1, -0.05) is 12.8 Å². The maximum atomic E-state index is 13.4. The van der Waals surface area contributed by atoms with E-state index in [1.807, 2.05) is 0 Å². The van der Waals surface area contributed by atoms with E-state index in [1.165, 1.54) is 15.7 Å². The largest absolute Gasteiger partial charge is 0.389 e. The van der Waals surface area contributed by atoms with E-state index in [0.717, 1.165) is 39.0 Å². The summed E-state index contributed by atoms with van der Waals surface area (Å²) in [5.74, 6) is 0.0446. The molecule has 1 aliphatic carbocycles. The van der Waals surface area contributed by atoms with Crippen molar-refractivity contribution in [2.45, 2.75) is 63.3 Å². The third-order valence-electron chi connectivity index (χ3n) is 8.35. The Hall–Kier alpha value is -2.73. The number of carbonyl (C=O) groups is 1. The van der Waals surface area contributed by atoms with Crippen LogP contribution in [0.25, 0.3) is 10.9 Å². The fourth-order valence-electron chi connectivity index (χ4n) is 6.20. The molecule has 2 aromatic heterocycles. The molecule has 1 saturated carbocycles. The maximum absolute atomic E-state index is 13.4. The zero-order valence-electron chi connectivity index (χ0n) is 20.8. The topological polar surface area (TPSA) is 104 Å². The highest BCUT2D eigenvalue weighted by Gasteiger charge is 2.55. The predicted octanol–water partition coefficient (Wildman–Crippen LogP) is 2.07. The van der Waals surface area contributed by atoms with Crippen LogP contribution < -0.4 is 15.8 Å². The summed E-state index contributed by atoms with van der Waals surface area (Å²) in [6, 6.07) is 1.75. The number of hydrogen-bond donors (Lipinski definition) is 2. The molecule has 1 unspecified atom stereocenters. The monoisotopic (exact) mass is 522 g/mol. The van der Waals surface area contributed by atoms with Crippen molar-refractivity contribution < 1.29 is 23.1 Å². The minimum absolute atomic E-state index is 0.0475. The highest BCUT2D eigenvalue weighted by Crippen LogP contribution is 2.51. The number of anilines is 1. The van der Waals surface area contributed by atoms with E-state index >= 15 is 0 Å². The van der Waals surface area contributed by atoms with Crippen LogP contribution in [0.3, 0.4) is 0 Å². The summed E-state index contributed by atoms with van der Waals surface area (Å²) >= 11 is 0. The van der Waals surface area contributed by atoms with Gasteiger partial charge in [0.05, 0.1) is 29.5 Å². The molecule has 0 bridgehead atoms. The summed E-state index contributed by atoms with van der Waals surface area (Å²) < 4.78 is 39.4. The van der Waals surface area contributed by atoms with Crippen LogP contribution in [-0.2, 0) is 11.3 Å². The number of halogens is 3. The molecule has 202 valence electrons. The lowest BCUT2D eigenvalue weighted by molar-refractivity contribution is -0.166. The van der Waals surface area contributed by atoms with Gasteiger partial charge < -0.3 is 24.8 Å². The van der Waals surface area contributed by atoms with Crippen molar-refractivity contribution in [3.63, 3.8) is 0 Å². The highest BCUT2D eigenvalue weighted by atomic mass is 19.4. The molecule has 1 atom stereocenters. The number of hydrogen-bond acceptors (Lipinski definition) is 7. The molecule has 1 amide bonds. The summed E-state index contributed by atoms with van der Waals surface area (Å²) in [5.41, 5.74) is -1.67. The average molecular weight is 523 g/mol. The number of carbonyl (C=O) groups excluding carboxylic acids is 1. The second-order valence-electron chi connectivity index (χ2n) is 10.7. The Morgan fingerprint density at radius 3 is 2.57 bits per heavy atom. The van der Waals surface area contributed by atoms with Crippen LogP contribution in [0.15, 0.2) is 23.3 Å².